The van der Waals surface area contributed by atoms with Gasteiger partial charge in [-0.3, -0.25) is 0 Å². The van der Waals surface area contributed by atoms with Crippen LogP contribution in [0.3, 0.4) is 0 Å². The van der Waals surface area contributed by atoms with Gasteiger partial charge in [0.05, 0.1) is 44.5 Å². The van der Waals surface area contributed by atoms with Crippen molar-refractivity contribution in [2.45, 2.75) is 90.1 Å². The van der Waals surface area contributed by atoms with Gasteiger partial charge in [-0.25, -0.2) is 4.79 Å². The molecule has 0 aromatic heterocycles. The van der Waals surface area contributed by atoms with Crippen LogP contribution in [-0.4, -0.2) is 73.5 Å². The van der Waals surface area contributed by atoms with Crippen LogP contribution in [0, 0.1) is 17.8 Å². The lowest BCUT2D eigenvalue weighted by Gasteiger charge is -2.39. The van der Waals surface area contributed by atoms with Crippen molar-refractivity contribution in [3.8, 4) is 11.1 Å². The van der Waals surface area contributed by atoms with Gasteiger partial charge in [-0.2, -0.15) is 0 Å². The van der Waals surface area contributed by atoms with E-state index in [1.807, 2.05) is 0 Å². The smallest absolute Gasteiger partial charge is 0.335 e. The fourth-order valence-electron chi connectivity index (χ4n) is 6.86. The predicted molar refractivity (Wildman–Crippen MR) is 187 cm³/mol. The molecule has 2 atom stereocenters. The zero-order valence-electron chi connectivity index (χ0n) is 28.9. The van der Waals surface area contributed by atoms with E-state index in [-0.39, 0.29) is 30.3 Å². The molecule has 2 fully saturated rings. The zero-order chi connectivity index (χ0) is 34.5. The molecule has 0 bridgehead atoms. The van der Waals surface area contributed by atoms with Gasteiger partial charge < -0.3 is 34.3 Å². The largest absolute Gasteiger partial charge is 0.462 e. The molecule has 8 heteroatoms. The lowest BCUT2D eigenvalue weighted by molar-refractivity contribution is -0.249. The first-order chi connectivity index (χ1) is 23.3. The monoisotopic (exact) mass is 664 g/mol. The molecule has 1 saturated carbocycles. The summed E-state index contributed by atoms with van der Waals surface area (Å²) in [5.74, 6) is 0.0460. The number of aliphatic hydroxyl groups excluding tert-OH is 3. The molecule has 3 N–H and O–H groups in total. The Morgan fingerprint density at radius 1 is 0.875 bits per heavy atom. The van der Waals surface area contributed by atoms with E-state index in [9.17, 15) is 20.1 Å². The molecule has 2 aliphatic rings. The Morgan fingerprint density at radius 2 is 1.56 bits per heavy atom. The van der Waals surface area contributed by atoms with E-state index in [0.29, 0.717) is 25.0 Å². The molecule has 0 spiro atoms. The molecule has 48 heavy (non-hydrogen) atoms. The van der Waals surface area contributed by atoms with Crippen LogP contribution in [0.25, 0.3) is 11.1 Å². The number of rotatable bonds is 18. The van der Waals surface area contributed by atoms with Crippen molar-refractivity contribution in [3.63, 3.8) is 0 Å². The van der Waals surface area contributed by atoms with E-state index in [1.54, 1.807) is 0 Å². The Morgan fingerprint density at radius 3 is 2.19 bits per heavy atom. The van der Waals surface area contributed by atoms with Crippen LogP contribution in [0.15, 0.2) is 66.8 Å². The van der Waals surface area contributed by atoms with Crippen molar-refractivity contribution >= 4 is 5.97 Å². The Hall–Kier alpha value is -2.85. The van der Waals surface area contributed by atoms with E-state index in [2.05, 4.69) is 69.5 Å². The summed E-state index contributed by atoms with van der Waals surface area (Å²) in [6, 6.07) is 16.2. The molecule has 2 unspecified atom stereocenters. The highest BCUT2D eigenvalue weighted by molar-refractivity contribution is 5.87. The molecule has 2 aromatic carbocycles. The average Bonchev–Trinajstić information content (AvgIpc) is 3.14. The third-order valence-electron chi connectivity index (χ3n) is 10.1. The van der Waals surface area contributed by atoms with Crippen LogP contribution < -0.4 is 0 Å². The van der Waals surface area contributed by atoms with Crippen molar-refractivity contribution in [1.29, 1.82) is 0 Å². The topological polar surface area (TPSA) is 115 Å². The molecule has 1 saturated heterocycles. The first-order valence-corrected chi connectivity index (χ1v) is 17.8. The molecule has 4 rings (SSSR count). The summed E-state index contributed by atoms with van der Waals surface area (Å²) < 4.78 is 23.0. The van der Waals surface area contributed by atoms with Gasteiger partial charge in [-0.05, 0) is 84.6 Å². The summed E-state index contributed by atoms with van der Waals surface area (Å²) in [7, 11) is 0. The van der Waals surface area contributed by atoms with Crippen LogP contribution in [0.2, 0.25) is 0 Å². The number of benzene rings is 2. The van der Waals surface area contributed by atoms with Crippen LogP contribution in [-0.2, 0) is 36.6 Å². The van der Waals surface area contributed by atoms with Crippen molar-refractivity contribution in [3.05, 3.63) is 83.5 Å². The van der Waals surface area contributed by atoms with Crippen molar-refractivity contribution in [2.24, 2.45) is 17.8 Å². The standard InChI is InChI=1S/C40H56O8/c1-5-7-8-9-30-18-19-35(20-29(30)6-2)33-14-10-31(11-15-33)32-12-16-34(17-13-32)36-23-47-40(48-24-36)37(25-45-38(43)27(3)21-41)26-46-39(44)28(4)22-42/h10-11,14-15,18-20,32,34,36-38,40-43H,3-9,12-13,16-17,21-26H2,1-2H3. The van der Waals surface area contributed by atoms with E-state index in [0.717, 1.165) is 32.1 Å². The van der Waals surface area contributed by atoms with Crippen LogP contribution >= 0.6 is 0 Å². The van der Waals surface area contributed by atoms with Gasteiger partial charge in [-0.1, -0.05) is 82.3 Å². The molecule has 1 aliphatic heterocycles. The molecule has 2 aromatic rings. The lowest BCUT2D eigenvalue weighted by Crippen LogP contribution is -2.43. The molecule has 264 valence electrons. The number of hydrogen-bond acceptors (Lipinski definition) is 8. The SMILES string of the molecule is C=C(CO)C(=O)OCC(COC(O)C(=C)CO)C1OCC(C2CCC(c3ccc(-c4ccc(CCCCC)c(CC)c4)cc3)CC2)CO1. The van der Waals surface area contributed by atoms with Crippen LogP contribution in [0.4, 0.5) is 0 Å². The van der Waals surface area contributed by atoms with Gasteiger partial charge in [-0.15, -0.1) is 0 Å². The number of unbranched alkanes of at least 4 members (excludes halogenated alkanes) is 2. The van der Waals surface area contributed by atoms with Gasteiger partial charge in [0, 0.05) is 11.5 Å². The molecule has 0 radical (unpaired) electrons. The summed E-state index contributed by atoms with van der Waals surface area (Å²) in [6.07, 6.45) is 8.43. The number of aryl methyl sites for hydroxylation is 2. The second-order valence-corrected chi connectivity index (χ2v) is 13.4. The van der Waals surface area contributed by atoms with Gasteiger partial charge in [0.2, 0.25) is 0 Å². The van der Waals surface area contributed by atoms with Crippen molar-refractivity contribution in [2.75, 3.05) is 39.6 Å². The van der Waals surface area contributed by atoms with Gasteiger partial charge >= 0.3 is 5.97 Å². The second kappa shape index (κ2) is 19.4. The zero-order valence-corrected chi connectivity index (χ0v) is 28.9. The number of carbonyl (C=O) groups is 1. The number of carbonyl (C=O) groups excluding carboxylic acids is 1. The molecule has 8 nitrogen and oxygen atoms in total. The maximum absolute atomic E-state index is 12.1. The van der Waals surface area contributed by atoms with Gasteiger partial charge in [0.1, 0.15) is 6.61 Å². The summed E-state index contributed by atoms with van der Waals surface area (Å²) >= 11 is 0. The van der Waals surface area contributed by atoms with Crippen LogP contribution in [0.1, 0.15) is 81.4 Å². The minimum atomic E-state index is -1.37. The third kappa shape index (κ3) is 10.6. The van der Waals surface area contributed by atoms with E-state index in [4.69, 9.17) is 18.9 Å². The highest BCUT2D eigenvalue weighted by Crippen LogP contribution is 2.40. The summed E-state index contributed by atoms with van der Waals surface area (Å²) in [4.78, 5) is 12.1. The van der Waals surface area contributed by atoms with Gasteiger partial charge in [0.15, 0.2) is 12.6 Å². The minimum Gasteiger partial charge on any atom is -0.462 e. The fraction of sp³-hybridized carbons (Fsp3) is 0.575. The highest BCUT2D eigenvalue weighted by Gasteiger charge is 2.36. The number of aliphatic hydroxyl groups is 3. The van der Waals surface area contributed by atoms with E-state index < -0.39 is 37.7 Å². The molecular formula is C40H56O8. The summed E-state index contributed by atoms with van der Waals surface area (Å²) in [5, 5.41) is 28.5. The lowest BCUT2D eigenvalue weighted by atomic mass is 9.74. The maximum Gasteiger partial charge on any atom is 0.335 e. The predicted octanol–water partition coefficient (Wildman–Crippen LogP) is 6.50. The Labute approximate surface area is 286 Å². The summed E-state index contributed by atoms with van der Waals surface area (Å²) in [6.45, 7) is 11.5. The van der Waals surface area contributed by atoms with E-state index >= 15 is 0 Å². The fourth-order valence-corrected chi connectivity index (χ4v) is 6.86. The molecular weight excluding hydrogens is 608 g/mol. The quantitative estimate of drug-likeness (QED) is 0.0544. The Bertz CT molecular complexity index is 1310. The Balaban J connectivity index is 1.27. The average molecular weight is 665 g/mol. The van der Waals surface area contributed by atoms with Crippen molar-refractivity contribution < 1.29 is 39.1 Å². The number of ether oxygens (including phenoxy) is 4. The summed E-state index contributed by atoms with van der Waals surface area (Å²) in [5.41, 5.74) is 7.00. The first kappa shape index (κ1) is 38.0. The Kier molecular flexibility index (Phi) is 15.3. The van der Waals surface area contributed by atoms with Gasteiger partial charge in [0.25, 0.3) is 0 Å². The number of esters is 1. The molecule has 1 heterocycles. The minimum absolute atomic E-state index is 0.0532. The number of hydrogen-bond donors (Lipinski definition) is 3. The highest BCUT2D eigenvalue weighted by atomic mass is 16.7. The second-order valence-electron chi connectivity index (χ2n) is 13.4. The van der Waals surface area contributed by atoms with Crippen molar-refractivity contribution in [1.82, 2.24) is 0 Å². The molecule has 1 aliphatic carbocycles. The molecule has 0 amide bonds. The normalized spacial score (nSPS) is 22.5. The van der Waals surface area contributed by atoms with Crippen LogP contribution in [0.5, 0.6) is 0 Å². The third-order valence-corrected chi connectivity index (χ3v) is 10.1. The maximum atomic E-state index is 12.1. The van der Waals surface area contributed by atoms with E-state index in [1.165, 1.54) is 53.5 Å². The first-order valence-electron chi connectivity index (χ1n) is 17.8.